The molecule has 31 heavy (non-hydrogen) atoms. The fraction of sp³-hybridized carbons (Fsp3) is 0.579. The Kier molecular flexibility index (Phi) is 6.92. The third-order valence-electron chi connectivity index (χ3n) is 5.16. The molecule has 2 heterocycles. The number of anilines is 1. The first kappa shape index (κ1) is 23.5. The number of sulfonamides is 2. The van der Waals surface area contributed by atoms with Gasteiger partial charge >= 0.3 is 5.97 Å². The molecule has 0 radical (unpaired) electrons. The fourth-order valence-electron chi connectivity index (χ4n) is 3.72. The largest absolute Gasteiger partial charge is 0.492 e. The van der Waals surface area contributed by atoms with Crippen molar-refractivity contribution in [1.82, 2.24) is 4.31 Å². The van der Waals surface area contributed by atoms with Crippen LogP contribution in [0, 0.1) is 5.92 Å². The van der Waals surface area contributed by atoms with Crippen LogP contribution in [-0.4, -0.2) is 65.1 Å². The summed E-state index contributed by atoms with van der Waals surface area (Å²) in [6.45, 7) is 3.93. The molecule has 0 saturated carbocycles. The van der Waals surface area contributed by atoms with Crippen LogP contribution in [0.4, 0.5) is 5.69 Å². The molecule has 12 heteroatoms. The second-order valence-corrected chi connectivity index (χ2v) is 11.1. The summed E-state index contributed by atoms with van der Waals surface area (Å²) in [5.41, 5.74) is -0.0523. The zero-order chi connectivity index (χ0) is 22.8. The summed E-state index contributed by atoms with van der Waals surface area (Å²) in [4.78, 5) is 24.0. The minimum absolute atomic E-state index is 0.0437. The van der Waals surface area contributed by atoms with Crippen LogP contribution in [0.15, 0.2) is 23.1 Å². The Balaban J connectivity index is 2.01. The van der Waals surface area contributed by atoms with Gasteiger partial charge in [-0.05, 0) is 44.9 Å². The second-order valence-electron chi connectivity index (χ2n) is 7.24. The van der Waals surface area contributed by atoms with Crippen LogP contribution in [0.25, 0.3) is 0 Å². The van der Waals surface area contributed by atoms with E-state index in [2.05, 4.69) is 0 Å². The SMILES string of the molecule is CCOC(=O)[C@H]1CCCN(S(=O)(=O)c2cc(N3C(=O)CCS3(=O)=O)ccc2OCC)C1. The minimum Gasteiger partial charge on any atom is -0.492 e. The number of carbonyl (C=O) groups excluding carboxylic acids is 2. The molecule has 0 bridgehead atoms. The summed E-state index contributed by atoms with van der Waals surface area (Å²) in [5.74, 6) is -1.92. The number of benzene rings is 1. The first-order chi connectivity index (χ1) is 14.6. The van der Waals surface area contributed by atoms with Gasteiger partial charge in [0, 0.05) is 19.5 Å². The van der Waals surface area contributed by atoms with Crippen molar-refractivity contribution in [2.45, 2.75) is 38.0 Å². The molecular formula is C19H26N2O8S2. The highest BCUT2D eigenvalue weighted by Crippen LogP contribution is 2.35. The highest BCUT2D eigenvalue weighted by Gasteiger charge is 2.39. The molecule has 2 aliphatic rings. The Morgan fingerprint density at radius 2 is 1.97 bits per heavy atom. The molecule has 2 fully saturated rings. The summed E-state index contributed by atoms with van der Waals surface area (Å²) >= 11 is 0. The number of amides is 1. The van der Waals surface area contributed by atoms with Gasteiger partial charge in [0.05, 0.1) is 30.6 Å². The molecule has 0 N–H and O–H groups in total. The first-order valence-electron chi connectivity index (χ1n) is 10.1. The van der Waals surface area contributed by atoms with E-state index in [0.29, 0.717) is 17.1 Å². The number of esters is 1. The van der Waals surface area contributed by atoms with Crippen molar-refractivity contribution >= 4 is 37.6 Å². The Labute approximate surface area is 182 Å². The van der Waals surface area contributed by atoms with Gasteiger partial charge in [0.2, 0.25) is 26.0 Å². The average Bonchev–Trinajstić information content (AvgIpc) is 3.01. The number of hydrogen-bond acceptors (Lipinski definition) is 8. The topological polar surface area (TPSA) is 127 Å². The van der Waals surface area contributed by atoms with E-state index in [-0.39, 0.29) is 54.8 Å². The molecule has 0 spiro atoms. The number of ether oxygens (including phenoxy) is 2. The molecule has 0 aliphatic carbocycles. The minimum atomic E-state index is -4.14. The van der Waals surface area contributed by atoms with Crippen molar-refractivity contribution in [3.8, 4) is 5.75 Å². The number of carbonyl (C=O) groups is 2. The summed E-state index contributed by atoms with van der Waals surface area (Å²) in [6.07, 6.45) is 0.833. The molecule has 3 rings (SSSR count). The molecular weight excluding hydrogens is 448 g/mol. The maximum atomic E-state index is 13.5. The van der Waals surface area contributed by atoms with Crippen LogP contribution in [0.3, 0.4) is 0 Å². The van der Waals surface area contributed by atoms with Gasteiger partial charge in [-0.1, -0.05) is 0 Å². The smallest absolute Gasteiger partial charge is 0.310 e. The van der Waals surface area contributed by atoms with E-state index in [1.807, 2.05) is 0 Å². The van der Waals surface area contributed by atoms with Gasteiger partial charge in [-0.2, -0.15) is 4.31 Å². The molecule has 10 nitrogen and oxygen atoms in total. The predicted octanol–water partition coefficient (Wildman–Crippen LogP) is 1.12. The number of hydrogen-bond donors (Lipinski definition) is 0. The fourth-order valence-corrected chi connectivity index (χ4v) is 6.85. The maximum absolute atomic E-state index is 13.5. The number of nitrogens with zero attached hydrogens (tertiary/aromatic N) is 2. The van der Waals surface area contributed by atoms with Gasteiger partial charge in [0.25, 0.3) is 0 Å². The standard InChI is InChI=1S/C19H26N2O8S2/c1-3-28-16-8-7-15(21-18(22)9-11-30(21,24)25)12-17(16)31(26,27)20-10-5-6-14(13-20)19(23)29-4-2/h7-8,12,14H,3-6,9-11,13H2,1-2H3/t14-/m0/s1. The lowest BCUT2D eigenvalue weighted by Crippen LogP contribution is -2.43. The molecule has 1 aromatic rings. The third kappa shape index (κ3) is 4.70. The highest BCUT2D eigenvalue weighted by atomic mass is 32.2. The Morgan fingerprint density at radius 3 is 2.58 bits per heavy atom. The van der Waals surface area contributed by atoms with Crippen LogP contribution in [0.2, 0.25) is 0 Å². The second kappa shape index (κ2) is 9.13. The molecule has 0 unspecified atom stereocenters. The molecule has 2 aliphatic heterocycles. The molecule has 2 saturated heterocycles. The van der Waals surface area contributed by atoms with Crippen molar-refractivity contribution in [2.24, 2.45) is 5.92 Å². The zero-order valence-electron chi connectivity index (χ0n) is 17.4. The number of rotatable bonds is 7. The molecule has 0 aromatic heterocycles. The Bertz CT molecular complexity index is 1070. The lowest BCUT2D eigenvalue weighted by molar-refractivity contribution is -0.149. The van der Waals surface area contributed by atoms with Crippen LogP contribution in [0.1, 0.15) is 33.1 Å². The van der Waals surface area contributed by atoms with Crippen molar-refractivity contribution < 1.29 is 35.9 Å². The van der Waals surface area contributed by atoms with E-state index >= 15 is 0 Å². The van der Waals surface area contributed by atoms with Gasteiger partial charge in [0.15, 0.2) is 0 Å². The molecule has 1 atom stereocenters. The summed E-state index contributed by atoms with van der Waals surface area (Å²) in [5, 5.41) is 0. The lowest BCUT2D eigenvalue weighted by atomic mass is 10.0. The highest BCUT2D eigenvalue weighted by molar-refractivity contribution is 7.94. The van der Waals surface area contributed by atoms with E-state index in [4.69, 9.17) is 9.47 Å². The summed E-state index contributed by atoms with van der Waals surface area (Å²) < 4.78 is 63.8. The van der Waals surface area contributed by atoms with Gasteiger partial charge < -0.3 is 9.47 Å². The van der Waals surface area contributed by atoms with Crippen LogP contribution in [-0.2, 0) is 34.4 Å². The van der Waals surface area contributed by atoms with Crippen LogP contribution >= 0.6 is 0 Å². The summed E-state index contributed by atoms with van der Waals surface area (Å²) in [7, 11) is -7.99. The Hall–Kier alpha value is -2.18. The lowest BCUT2D eigenvalue weighted by Gasteiger charge is -2.31. The van der Waals surface area contributed by atoms with E-state index in [1.165, 1.54) is 16.4 Å². The zero-order valence-corrected chi connectivity index (χ0v) is 19.1. The quantitative estimate of drug-likeness (QED) is 0.538. The van der Waals surface area contributed by atoms with Gasteiger partial charge in [-0.3, -0.25) is 9.59 Å². The first-order valence-corrected chi connectivity index (χ1v) is 13.2. The van der Waals surface area contributed by atoms with Crippen molar-refractivity contribution in [3.05, 3.63) is 18.2 Å². The maximum Gasteiger partial charge on any atom is 0.310 e. The van der Waals surface area contributed by atoms with Gasteiger partial charge in [0.1, 0.15) is 10.6 Å². The predicted molar refractivity (Wildman–Crippen MR) is 112 cm³/mol. The van der Waals surface area contributed by atoms with Gasteiger partial charge in [-0.25, -0.2) is 21.1 Å². The van der Waals surface area contributed by atoms with E-state index in [9.17, 15) is 26.4 Å². The van der Waals surface area contributed by atoms with Crippen molar-refractivity contribution in [2.75, 3.05) is 36.4 Å². The molecule has 172 valence electrons. The van der Waals surface area contributed by atoms with E-state index in [0.717, 1.165) is 6.07 Å². The van der Waals surface area contributed by atoms with Crippen molar-refractivity contribution in [1.29, 1.82) is 0 Å². The van der Waals surface area contributed by atoms with Gasteiger partial charge in [-0.15, -0.1) is 0 Å². The average molecular weight is 475 g/mol. The van der Waals surface area contributed by atoms with Crippen molar-refractivity contribution in [3.63, 3.8) is 0 Å². The van der Waals surface area contributed by atoms with E-state index < -0.39 is 37.8 Å². The molecule has 1 amide bonds. The van der Waals surface area contributed by atoms with E-state index in [1.54, 1.807) is 13.8 Å². The van der Waals surface area contributed by atoms with Crippen LogP contribution < -0.4 is 9.04 Å². The normalized spacial score (nSPS) is 21.8. The molecule has 1 aromatic carbocycles. The summed E-state index contributed by atoms with van der Waals surface area (Å²) in [6, 6.07) is 3.84. The van der Waals surface area contributed by atoms with Crippen LogP contribution in [0.5, 0.6) is 5.75 Å². The number of piperidine rings is 1. The Morgan fingerprint density at radius 1 is 1.23 bits per heavy atom. The third-order valence-corrected chi connectivity index (χ3v) is 8.74. The monoisotopic (exact) mass is 474 g/mol.